The number of nitro benzene ring substituents is 1. The molecule has 0 aliphatic heterocycles. The van der Waals surface area contributed by atoms with Crippen LogP contribution in [0.15, 0.2) is 23.1 Å². The second-order valence-electron chi connectivity index (χ2n) is 2.14. The summed E-state index contributed by atoms with van der Waals surface area (Å²) in [7, 11) is -4.38. The van der Waals surface area contributed by atoms with Gasteiger partial charge in [0.15, 0.2) is 0 Å². The number of rotatable bonds is 2. The molecule has 1 aromatic carbocycles. The van der Waals surface area contributed by atoms with Crippen molar-refractivity contribution in [1.29, 1.82) is 0 Å². The van der Waals surface area contributed by atoms with Gasteiger partial charge in [0.2, 0.25) is 0 Å². The van der Waals surface area contributed by atoms with E-state index in [-0.39, 0.29) is 0 Å². The molecule has 6 nitrogen and oxygen atoms in total. The topological polar surface area (TPSA) is 97.5 Å². The normalized spacial score (nSPS) is 11.2. The molecule has 0 aromatic heterocycles. The molecule has 0 bridgehead atoms. The fourth-order valence-electron chi connectivity index (χ4n) is 0.700. The van der Waals surface area contributed by atoms with Gasteiger partial charge in [-0.2, -0.15) is 8.42 Å². The van der Waals surface area contributed by atoms with Gasteiger partial charge < -0.3 is 0 Å². The summed E-state index contributed by atoms with van der Waals surface area (Å²) in [5.74, 6) is 0. The maximum atomic E-state index is 10.5. The molecule has 1 aromatic rings. The summed E-state index contributed by atoms with van der Waals surface area (Å²) >= 11 is 0. The van der Waals surface area contributed by atoms with Gasteiger partial charge in [0.05, 0.1) is 11.0 Å². The van der Waals surface area contributed by atoms with Gasteiger partial charge in [-0.1, -0.05) is 0 Å². The first kappa shape index (κ1) is 9.62. The van der Waals surface area contributed by atoms with E-state index in [0.29, 0.717) is 0 Å². The van der Waals surface area contributed by atoms with E-state index in [9.17, 15) is 18.5 Å². The summed E-state index contributed by atoms with van der Waals surface area (Å²) in [4.78, 5) is 8.87. The Hall–Kier alpha value is -1.47. The zero-order valence-electron chi connectivity index (χ0n) is 6.17. The Balaban J connectivity index is 3.29. The van der Waals surface area contributed by atoms with Crippen molar-refractivity contribution < 1.29 is 17.9 Å². The SMILES string of the molecule is O=[N+]([O-])c1[c]ccc(S(=O)(=O)O)c1. The summed E-state index contributed by atoms with van der Waals surface area (Å²) in [6.45, 7) is 0. The maximum absolute atomic E-state index is 10.5. The predicted molar refractivity (Wildman–Crippen MR) is 41.7 cm³/mol. The van der Waals surface area contributed by atoms with Crippen LogP contribution in [0, 0.1) is 16.2 Å². The average Bonchev–Trinajstić information content (AvgIpc) is 2.03. The number of hydrogen-bond acceptors (Lipinski definition) is 4. The zero-order chi connectivity index (χ0) is 10.1. The molecule has 13 heavy (non-hydrogen) atoms. The Kier molecular flexibility index (Phi) is 2.30. The largest absolute Gasteiger partial charge is 0.294 e. The number of benzene rings is 1. The van der Waals surface area contributed by atoms with Crippen molar-refractivity contribution in [2.24, 2.45) is 0 Å². The second-order valence-corrected chi connectivity index (χ2v) is 3.56. The first-order valence-corrected chi connectivity index (χ1v) is 4.49. The number of nitro groups is 1. The van der Waals surface area contributed by atoms with Crippen LogP contribution in [-0.4, -0.2) is 17.9 Å². The van der Waals surface area contributed by atoms with Crippen molar-refractivity contribution >= 4 is 15.8 Å². The maximum Gasteiger partial charge on any atom is 0.294 e. The molecule has 0 aliphatic rings. The van der Waals surface area contributed by atoms with E-state index in [0.717, 1.165) is 18.2 Å². The fraction of sp³-hybridized carbons (Fsp3) is 0. The molecule has 0 saturated heterocycles. The van der Waals surface area contributed by atoms with Crippen molar-refractivity contribution in [2.45, 2.75) is 4.90 Å². The van der Waals surface area contributed by atoms with Crippen LogP contribution in [0.3, 0.4) is 0 Å². The molecule has 0 spiro atoms. The highest BCUT2D eigenvalue weighted by atomic mass is 32.2. The lowest BCUT2D eigenvalue weighted by Crippen LogP contribution is -1.98. The standard InChI is InChI=1S/C6H4NO5S/c8-7(9)5-2-1-3-6(4-5)13(10,11)12/h1,3-4H,(H,10,11,12). The van der Waals surface area contributed by atoms with E-state index >= 15 is 0 Å². The Morgan fingerprint density at radius 1 is 1.54 bits per heavy atom. The smallest absolute Gasteiger partial charge is 0.282 e. The van der Waals surface area contributed by atoms with Crippen molar-refractivity contribution in [2.75, 3.05) is 0 Å². The molecule has 0 amide bonds. The molecular weight excluding hydrogens is 198 g/mol. The highest BCUT2D eigenvalue weighted by Crippen LogP contribution is 2.15. The molecule has 0 unspecified atom stereocenters. The number of non-ortho nitro benzene ring substituents is 1. The number of nitrogens with zero attached hydrogens (tertiary/aromatic N) is 1. The summed E-state index contributed by atoms with van der Waals surface area (Å²) in [6, 6.07) is 5.01. The number of hydrogen-bond donors (Lipinski definition) is 1. The van der Waals surface area contributed by atoms with E-state index in [1.165, 1.54) is 0 Å². The molecule has 69 valence electrons. The summed E-state index contributed by atoms with van der Waals surface area (Å²) in [5.41, 5.74) is -0.505. The lowest BCUT2D eigenvalue weighted by atomic mass is 10.3. The highest BCUT2D eigenvalue weighted by molar-refractivity contribution is 7.85. The lowest BCUT2D eigenvalue weighted by molar-refractivity contribution is -0.385. The molecule has 0 atom stereocenters. The minimum Gasteiger partial charge on any atom is -0.282 e. The Labute approximate surface area is 73.7 Å². The Morgan fingerprint density at radius 3 is 2.62 bits per heavy atom. The molecule has 1 radical (unpaired) electrons. The summed E-state index contributed by atoms with van der Waals surface area (Å²) < 4.78 is 29.6. The van der Waals surface area contributed by atoms with Crippen LogP contribution < -0.4 is 0 Å². The van der Waals surface area contributed by atoms with Crippen LogP contribution in [0.25, 0.3) is 0 Å². The van der Waals surface area contributed by atoms with Crippen molar-refractivity contribution in [3.05, 3.63) is 34.4 Å². The first-order valence-electron chi connectivity index (χ1n) is 3.05. The van der Waals surface area contributed by atoms with Crippen molar-refractivity contribution in [1.82, 2.24) is 0 Å². The molecular formula is C6H4NO5S. The molecule has 1 rings (SSSR count). The van der Waals surface area contributed by atoms with Crippen LogP contribution >= 0.6 is 0 Å². The zero-order valence-corrected chi connectivity index (χ0v) is 6.98. The molecule has 0 fully saturated rings. The van der Waals surface area contributed by atoms with Gasteiger partial charge in [-0.25, -0.2) is 0 Å². The van der Waals surface area contributed by atoms with Crippen molar-refractivity contribution in [3.63, 3.8) is 0 Å². The van der Waals surface area contributed by atoms with E-state index in [1.54, 1.807) is 0 Å². The monoisotopic (exact) mass is 202 g/mol. The van der Waals surface area contributed by atoms with E-state index < -0.39 is 25.6 Å². The molecule has 0 aliphatic carbocycles. The predicted octanol–water partition coefficient (Wildman–Crippen LogP) is 0.642. The molecule has 0 heterocycles. The molecule has 7 heteroatoms. The van der Waals surface area contributed by atoms with E-state index in [2.05, 4.69) is 6.07 Å². The van der Waals surface area contributed by atoms with Gasteiger partial charge >= 0.3 is 0 Å². The third-order valence-electron chi connectivity index (χ3n) is 1.25. The van der Waals surface area contributed by atoms with Crippen molar-refractivity contribution in [3.8, 4) is 0 Å². The van der Waals surface area contributed by atoms with Crippen LogP contribution in [0.4, 0.5) is 5.69 Å². The van der Waals surface area contributed by atoms with Crippen LogP contribution in [-0.2, 0) is 10.1 Å². The van der Waals surface area contributed by atoms with Gasteiger partial charge in [-0.3, -0.25) is 14.7 Å². The van der Waals surface area contributed by atoms with Gasteiger partial charge in [0.25, 0.3) is 15.8 Å². The van der Waals surface area contributed by atoms with Crippen LogP contribution in [0.5, 0.6) is 0 Å². The minimum absolute atomic E-state index is 0.505. The minimum atomic E-state index is -4.38. The molecule has 1 N–H and O–H groups in total. The quantitative estimate of drug-likeness (QED) is 0.431. The Morgan fingerprint density at radius 2 is 2.15 bits per heavy atom. The Bertz CT molecular complexity index is 438. The summed E-state index contributed by atoms with van der Waals surface area (Å²) in [6.07, 6.45) is 0. The van der Waals surface area contributed by atoms with E-state index in [1.807, 2.05) is 0 Å². The van der Waals surface area contributed by atoms with Gasteiger partial charge in [-0.05, 0) is 12.1 Å². The van der Waals surface area contributed by atoms with Crippen LogP contribution in [0.1, 0.15) is 0 Å². The van der Waals surface area contributed by atoms with Gasteiger partial charge in [0.1, 0.15) is 4.90 Å². The summed E-state index contributed by atoms with van der Waals surface area (Å²) in [5, 5.41) is 10.2. The third-order valence-corrected chi connectivity index (χ3v) is 2.10. The third kappa shape index (κ3) is 2.23. The van der Waals surface area contributed by atoms with Gasteiger partial charge in [-0.15, -0.1) is 0 Å². The average molecular weight is 202 g/mol. The highest BCUT2D eigenvalue weighted by Gasteiger charge is 2.14. The molecule has 0 saturated carbocycles. The van der Waals surface area contributed by atoms with E-state index in [4.69, 9.17) is 4.55 Å². The second kappa shape index (κ2) is 3.11. The van der Waals surface area contributed by atoms with Gasteiger partial charge in [0, 0.05) is 6.07 Å². The fourth-order valence-corrected chi connectivity index (χ4v) is 1.20. The lowest BCUT2D eigenvalue weighted by Gasteiger charge is -1.94. The first-order chi connectivity index (χ1) is 5.91. The van der Waals surface area contributed by atoms with Crippen LogP contribution in [0.2, 0.25) is 0 Å².